The van der Waals surface area contributed by atoms with Crippen molar-refractivity contribution in [3.05, 3.63) is 83.1 Å². The van der Waals surface area contributed by atoms with Gasteiger partial charge in [-0.2, -0.15) is 0 Å². The van der Waals surface area contributed by atoms with Gasteiger partial charge in [-0.3, -0.25) is 9.78 Å². The molecule has 2 fully saturated rings. The van der Waals surface area contributed by atoms with E-state index in [0.717, 1.165) is 36.2 Å². The lowest BCUT2D eigenvalue weighted by atomic mass is 9.82. The molecule has 0 spiro atoms. The maximum absolute atomic E-state index is 14.4. The van der Waals surface area contributed by atoms with E-state index >= 15 is 0 Å². The van der Waals surface area contributed by atoms with Crippen LogP contribution in [-0.2, 0) is 11.2 Å². The smallest absolute Gasteiger partial charge is 0.185 e. The first-order chi connectivity index (χ1) is 16.8. The zero-order chi connectivity index (χ0) is 24.7. The van der Waals surface area contributed by atoms with Gasteiger partial charge in [0.25, 0.3) is 0 Å². The van der Waals surface area contributed by atoms with Crippen molar-refractivity contribution in [1.82, 2.24) is 9.97 Å². The van der Waals surface area contributed by atoms with Crippen LogP contribution in [0.25, 0.3) is 11.3 Å². The van der Waals surface area contributed by atoms with E-state index in [1.54, 1.807) is 18.5 Å². The van der Waals surface area contributed by atoms with Crippen LogP contribution in [0.2, 0.25) is 0 Å². The number of aromatic nitrogens is 2. The molecule has 5 rings (SSSR count). The monoisotopic (exact) mass is 483 g/mol. The van der Waals surface area contributed by atoms with Gasteiger partial charge in [0, 0.05) is 24.9 Å². The third kappa shape index (κ3) is 4.24. The summed E-state index contributed by atoms with van der Waals surface area (Å²) in [5.41, 5.74) is 5.23. The van der Waals surface area contributed by atoms with Gasteiger partial charge in [0.05, 0.1) is 17.8 Å². The van der Waals surface area contributed by atoms with Gasteiger partial charge >= 0.3 is 0 Å². The van der Waals surface area contributed by atoms with Crippen LogP contribution in [0.5, 0.6) is 0 Å². The van der Waals surface area contributed by atoms with E-state index in [2.05, 4.69) is 9.97 Å². The normalized spacial score (nSPS) is 25.9. The first-order valence-corrected chi connectivity index (χ1v) is 11.5. The summed E-state index contributed by atoms with van der Waals surface area (Å²) in [7, 11) is 0. The molecule has 1 saturated heterocycles. The number of nitrogens with two attached hydrogens (primary N) is 1. The molecule has 2 aromatic heterocycles. The fourth-order valence-corrected chi connectivity index (χ4v) is 5.14. The Morgan fingerprint density at radius 3 is 2.69 bits per heavy atom. The fourth-order valence-electron chi connectivity index (χ4n) is 5.14. The minimum atomic E-state index is -1.05. The Labute approximate surface area is 200 Å². The SMILES string of the molecule is N[C@H]1C[C@@H](c2ccncc2CC(=O)c2ccc(F)c(-c3c(F)cccc3F)n2)O[C@H]2CCC[C@]21O. The molecule has 0 radical (unpaired) electrons. The molecule has 35 heavy (non-hydrogen) atoms. The van der Waals surface area contributed by atoms with Gasteiger partial charge in [0.1, 0.15) is 34.4 Å². The van der Waals surface area contributed by atoms with Crippen molar-refractivity contribution in [2.45, 2.75) is 56.0 Å². The summed E-state index contributed by atoms with van der Waals surface area (Å²) in [6.07, 6.45) is 4.68. The van der Waals surface area contributed by atoms with Crippen molar-refractivity contribution in [3.63, 3.8) is 0 Å². The van der Waals surface area contributed by atoms with Gasteiger partial charge in [-0.25, -0.2) is 18.2 Å². The highest BCUT2D eigenvalue weighted by atomic mass is 19.1. The largest absolute Gasteiger partial charge is 0.386 e. The van der Waals surface area contributed by atoms with Gasteiger partial charge in [0.2, 0.25) is 0 Å². The number of ketones is 1. The topological polar surface area (TPSA) is 98.3 Å². The zero-order valence-corrected chi connectivity index (χ0v) is 18.8. The van der Waals surface area contributed by atoms with Crippen molar-refractivity contribution in [2.75, 3.05) is 0 Å². The highest BCUT2D eigenvalue weighted by Gasteiger charge is 2.51. The van der Waals surface area contributed by atoms with Gasteiger partial charge in [-0.15, -0.1) is 0 Å². The molecule has 3 N–H and O–H groups in total. The number of hydrogen-bond acceptors (Lipinski definition) is 6. The molecule has 0 unspecified atom stereocenters. The predicted molar refractivity (Wildman–Crippen MR) is 121 cm³/mol. The summed E-state index contributed by atoms with van der Waals surface area (Å²) in [5.74, 6) is -3.38. The number of carbonyl (C=O) groups excluding carboxylic acids is 1. The zero-order valence-electron chi connectivity index (χ0n) is 18.8. The molecule has 3 heterocycles. The lowest BCUT2D eigenvalue weighted by Crippen LogP contribution is -2.58. The number of aliphatic hydroxyl groups is 1. The van der Waals surface area contributed by atoms with Crippen molar-refractivity contribution in [1.29, 1.82) is 0 Å². The molecule has 6 nitrogen and oxygen atoms in total. The average Bonchev–Trinajstić information content (AvgIpc) is 3.22. The number of hydrogen-bond donors (Lipinski definition) is 2. The molecule has 182 valence electrons. The van der Waals surface area contributed by atoms with Gasteiger partial charge in [-0.1, -0.05) is 6.07 Å². The highest BCUT2D eigenvalue weighted by molar-refractivity contribution is 5.96. The Bertz CT molecular complexity index is 1270. The number of rotatable bonds is 5. The Morgan fingerprint density at radius 1 is 1.14 bits per heavy atom. The fraction of sp³-hybridized carbons (Fsp3) is 0.346. The summed E-state index contributed by atoms with van der Waals surface area (Å²) in [4.78, 5) is 21.2. The summed E-state index contributed by atoms with van der Waals surface area (Å²) in [5, 5.41) is 10.9. The number of halogens is 3. The van der Waals surface area contributed by atoms with Crippen LogP contribution in [0, 0.1) is 17.5 Å². The van der Waals surface area contributed by atoms with Crippen LogP contribution in [0.3, 0.4) is 0 Å². The highest BCUT2D eigenvalue weighted by Crippen LogP contribution is 2.45. The van der Waals surface area contributed by atoms with Crippen molar-refractivity contribution < 1.29 is 27.8 Å². The van der Waals surface area contributed by atoms with Gasteiger partial charge in [0.15, 0.2) is 5.78 Å². The molecule has 3 aromatic rings. The Balaban J connectivity index is 1.42. The van der Waals surface area contributed by atoms with Crippen LogP contribution < -0.4 is 5.73 Å². The second-order valence-electron chi connectivity index (χ2n) is 9.14. The van der Waals surface area contributed by atoms with Crippen molar-refractivity contribution >= 4 is 5.78 Å². The minimum absolute atomic E-state index is 0.134. The van der Waals surface area contributed by atoms with Crippen LogP contribution >= 0.6 is 0 Å². The molecule has 4 atom stereocenters. The molecular weight excluding hydrogens is 459 g/mol. The molecule has 1 aromatic carbocycles. The van der Waals surface area contributed by atoms with Crippen molar-refractivity contribution in [2.24, 2.45) is 5.73 Å². The van der Waals surface area contributed by atoms with E-state index in [1.165, 1.54) is 6.07 Å². The number of carbonyl (C=O) groups is 1. The van der Waals surface area contributed by atoms with E-state index in [1.807, 2.05) is 0 Å². The molecule has 1 aliphatic heterocycles. The van der Waals surface area contributed by atoms with E-state index in [0.29, 0.717) is 24.8 Å². The van der Waals surface area contributed by atoms with E-state index in [4.69, 9.17) is 10.5 Å². The number of benzene rings is 1. The molecule has 0 amide bonds. The molecule has 0 bridgehead atoms. The second kappa shape index (κ2) is 9.14. The quantitative estimate of drug-likeness (QED) is 0.531. The first kappa shape index (κ1) is 23.6. The summed E-state index contributed by atoms with van der Waals surface area (Å²) in [6, 6.07) is 6.58. The summed E-state index contributed by atoms with van der Waals surface area (Å²) < 4.78 is 49.1. The van der Waals surface area contributed by atoms with Gasteiger partial charge in [-0.05, 0) is 67.1 Å². The molecule has 9 heteroatoms. The molecular formula is C26H24F3N3O3. The first-order valence-electron chi connectivity index (χ1n) is 11.5. The third-order valence-electron chi connectivity index (χ3n) is 7.01. The maximum atomic E-state index is 14.4. The number of fused-ring (bicyclic) bond motifs is 1. The number of Topliss-reactive ketones (excluding diaryl/α,β-unsaturated/α-hetero) is 1. The summed E-state index contributed by atoms with van der Waals surface area (Å²) >= 11 is 0. The summed E-state index contributed by atoms with van der Waals surface area (Å²) in [6.45, 7) is 0. The molecule has 1 aliphatic carbocycles. The lowest BCUT2D eigenvalue weighted by Gasteiger charge is -2.44. The Kier molecular flexibility index (Phi) is 6.16. The predicted octanol–water partition coefficient (Wildman–Crippen LogP) is 4.06. The third-order valence-corrected chi connectivity index (χ3v) is 7.01. The van der Waals surface area contributed by atoms with Gasteiger partial charge < -0.3 is 15.6 Å². The van der Waals surface area contributed by atoms with E-state index in [-0.39, 0.29) is 18.2 Å². The van der Waals surface area contributed by atoms with Crippen LogP contribution in [0.15, 0.2) is 48.8 Å². The number of nitrogens with zero attached hydrogens (tertiary/aromatic N) is 2. The molecule has 1 saturated carbocycles. The van der Waals surface area contributed by atoms with E-state index in [9.17, 15) is 23.1 Å². The van der Waals surface area contributed by atoms with Crippen LogP contribution in [0.1, 0.15) is 53.4 Å². The van der Waals surface area contributed by atoms with Crippen LogP contribution in [0.4, 0.5) is 13.2 Å². The van der Waals surface area contributed by atoms with Crippen molar-refractivity contribution in [3.8, 4) is 11.3 Å². The molecule has 2 aliphatic rings. The van der Waals surface area contributed by atoms with Crippen LogP contribution in [-0.4, -0.2) is 38.6 Å². The average molecular weight is 483 g/mol. The Hall–Kier alpha value is -3.14. The number of ether oxygens (including phenoxy) is 1. The van der Waals surface area contributed by atoms with E-state index < -0.39 is 52.2 Å². The second-order valence-corrected chi connectivity index (χ2v) is 9.14. The minimum Gasteiger partial charge on any atom is -0.386 e. The number of pyridine rings is 2. The standard InChI is InChI=1S/C26H24F3N3O3/c27-16-3-1-4-17(28)24(16)25-18(29)6-7-19(32-25)20(33)11-14-13-31-10-8-15(14)21-12-22(30)26(34)9-2-5-23(26)35-21/h1,3-4,6-8,10,13,21-23,34H,2,5,9,11-12,30H2/t21-,22-,23-,26+/m0/s1. The maximum Gasteiger partial charge on any atom is 0.185 e. The Morgan fingerprint density at radius 2 is 1.91 bits per heavy atom. The lowest BCUT2D eigenvalue weighted by molar-refractivity contribution is -0.171.